The predicted molar refractivity (Wildman–Crippen MR) is 224 cm³/mol. The van der Waals surface area contributed by atoms with Crippen LogP contribution in [0.2, 0.25) is 0 Å². The van der Waals surface area contributed by atoms with Crippen molar-refractivity contribution >= 4 is 65.4 Å². The van der Waals surface area contributed by atoms with Gasteiger partial charge in [-0.3, -0.25) is 0 Å². The van der Waals surface area contributed by atoms with Crippen LogP contribution in [-0.2, 0) is 0 Å². The quantitative estimate of drug-likeness (QED) is 0.184. The van der Waals surface area contributed by atoms with E-state index in [0.717, 1.165) is 82.8 Å². The summed E-state index contributed by atoms with van der Waals surface area (Å²) in [4.78, 5) is 0. The Morgan fingerprint density at radius 1 is 0.364 bits per heavy atom. The molecule has 8 aromatic carbocycles. The second kappa shape index (κ2) is 11.8. The van der Waals surface area contributed by atoms with E-state index in [4.69, 9.17) is 0 Å². The molecule has 0 unspecified atom stereocenters. The number of nitriles is 2. The SMILES string of the molecule is N#Cc1ccc2c(c1)c1ccccc1n2-c1cccc2c1c1ccccc1n2-c1ccc(-c2cc(-n3c4ccccc4c4ccccc43)ccc2C#N)cc1. The van der Waals surface area contributed by atoms with Crippen molar-refractivity contribution in [1.29, 1.82) is 10.5 Å². The van der Waals surface area contributed by atoms with Crippen molar-refractivity contribution in [2.45, 2.75) is 0 Å². The van der Waals surface area contributed by atoms with Gasteiger partial charge >= 0.3 is 0 Å². The Balaban J connectivity index is 1.09. The molecule has 5 nitrogen and oxygen atoms in total. The maximum Gasteiger partial charge on any atom is 0.0998 e. The molecule has 0 aliphatic heterocycles. The van der Waals surface area contributed by atoms with E-state index in [0.29, 0.717) is 11.1 Å². The molecule has 3 aromatic heterocycles. The van der Waals surface area contributed by atoms with Gasteiger partial charge in [0.15, 0.2) is 0 Å². The lowest BCUT2D eigenvalue weighted by molar-refractivity contribution is 1.17. The second-order valence-electron chi connectivity index (χ2n) is 14.0. The van der Waals surface area contributed by atoms with E-state index >= 15 is 0 Å². The van der Waals surface area contributed by atoms with Crippen LogP contribution in [0.5, 0.6) is 0 Å². The van der Waals surface area contributed by atoms with Crippen LogP contribution in [0.25, 0.3) is 93.6 Å². The monoisotopic (exact) mass is 699 g/mol. The summed E-state index contributed by atoms with van der Waals surface area (Å²) >= 11 is 0. The summed E-state index contributed by atoms with van der Waals surface area (Å²) in [7, 11) is 0. The second-order valence-corrected chi connectivity index (χ2v) is 14.0. The van der Waals surface area contributed by atoms with E-state index in [2.05, 4.69) is 177 Å². The van der Waals surface area contributed by atoms with Gasteiger partial charge in [-0.15, -0.1) is 0 Å². The first-order valence-electron chi connectivity index (χ1n) is 18.3. The maximum absolute atomic E-state index is 10.3. The molecule has 55 heavy (non-hydrogen) atoms. The van der Waals surface area contributed by atoms with E-state index in [1.54, 1.807) is 0 Å². The largest absolute Gasteiger partial charge is 0.309 e. The Labute approximate surface area is 316 Å². The van der Waals surface area contributed by atoms with Crippen LogP contribution in [0.1, 0.15) is 11.1 Å². The molecule has 0 spiro atoms. The zero-order valence-electron chi connectivity index (χ0n) is 29.5. The lowest BCUT2D eigenvalue weighted by atomic mass is 9.99. The summed E-state index contributed by atoms with van der Waals surface area (Å²) in [5, 5.41) is 26.9. The predicted octanol–water partition coefficient (Wildman–Crippen LogP) is 12.4. The Morgan fingerprint density at radius 3 is 1.55 bits per heavy atom. The molecule has 0 aliphatic carbocycles. The van der Waals surface area contributed by atoms with Crippen molar-refractivity contribution in [2.24, 2.45) is 0 Å². The third kappa shape index (κ3) is 4.45. The molecule has 0 saturated heterocycles. The Bertz CT molecular complexity index is 3400. The number of nitrogens with zero attached hydrogens (tertiary/aromatic N) is 5. The first kappa shape index (κ1) is 30.7. The fourth-order valence-electron chi connectivity index (χ4n) is 8.77. The number of para-hydroxylation sites is 4. The smallest absolute Gasteiger partial charge is 0.0998 e. The van der Waals surface area contributed by atoms with E-state index < -0.39 is 0 Å². The minimum Gasteiger partial charge on any atom is -0.309 e. The highest BCUT2D eigenvalue weighted by Gasteiger charge is 2.20. The minimum atomic E-state index is 0.631. The van der Waals surface area contributed by atoms with E-state index in [-0.39, 0.29) is 0 Å². The van der Waals surface area contributed by atoms with Crippen LogP contribution in [0.3, 0.4) is 0 Å². The fraction of sp³-hybridized carbons (Fsp3) is 0. The van der Waals surface area contributed by atoms with Crippen LogP contribution in [0, 0.1) is 22.7 Å². The highest BCUT2D eigenvalue weighted by atomic mass is 15.0. The summed E-state index contributed by atoms with van der Waals surface area (Å²) in [6, 6.07) is 65.9. The lowest BCUT2D eigenvalue weighted by Crippen LogP contribution is -1.97. The highest BCUT2D eigenvalue weighted by Crippen LogP contribution is 2.41. The first-order valence-corrected chi connectivity index (χ1v) is 18.3. The molecule has 0 saturated carbocycles. The van der Waals surface area contributed by atoms with Gasteiger partial charge in [0, 0.05) is 49.3 Å². The average Bonchev–Trinajstić information content (AvgIpc) is 3.89. The van der Waals surface area contributed by atoms with Crippen molar-refractivity contribution in [1.82, 2.24) is 13.7 Å². The number of fused-ring (bicyclic) bond motifs is 9. The molecule has 5 heteroatoms. The number of rotatable bonds is 4. The molecule has 0 N–H and O–H groups in total. The molecular formula is C50H29N5. The first-order chi connectivity index (χ1) is 27.2. The van der Waals surface area contributed by atoms with Gasteiger partial charge in [0.25, 0.3) is 0 Å². The number of hydrogen-bond acceptors (Lipinski definition) is 2. The van der Waals surface area contributed by atoms with Gasteiger partial charge in [0.2, 0.25) is 0 Å². The van der Waals surface area contributed by atoms with Gasteiger partial charge in [-0.2, -0.15) is 10.5 Å². The summed E-state index contributed by atoms with van der Waals surface area (Å²) in [5.41, 5.74) is 12.9. The molecule has 0 radical (unpaired) electrons. The standard InChI is InChI=1S/C50H29N5/c51-30-32-20-27-47-42(28-32)39-12-3-7-16-45(39)55(47)49-19-9-18-48-50(49)40-13-4-8-17-46(40)53(48)35-24-21-33(22-25-35)41-29-36(26-23-34(41)31-52)54-43-14-5-1-10-37(43)38-11-2-6-15-44(38)54/h1-29H. The third-order valence-electron chi connectivity index (χ3n) is 11.1. The fourth-order valence-corrected chi connectivity index (χ4v) is 8.77. The number of hydrogen-bond donors (Lipinski definition) is 0. The normalized spacial score (nSPS) is 11.6. The van der Waals surface area contributed by atoms with Crippen molar-refractivity contribution < 1.29 is 0 Å². The van der Waals surface area contributed by atoms with Crippen molar-refractivity contribution in [3.05, 3.63) is 187 Å². The van der Waals surface area contributed by atoms with E-state index in [1.807, 2.05) is 24.3 Å². The van der Waals surface area contributed by atoms with Crippen molar-refractivity contribution in [3.8, 4) is 40.3 Å². The van der Waals surface area contributed by atoms with E-state index in [9.17, 15) is 10.5 Å². The summed E-state index contributed by atoms with van der Waals surface area (Å²) in [5.74, 6) is 0. The zero-order chi connectivity index (χ0) is 36.6. The van der Waals surface area contributed by atoms with Crippen LogP contribution in [0.4, 0.5) is 0 Å². The van der Waals surface area contributed by atoms with Crippen molar-refractivity contribution in [3.63, 3.8) is 0 Å². The number of aromatic nitrogens is 3. The Hall–Kier alpha value is -7.86. The summed E-state index contributed by atoms with van der Waals surface area (Å²) in [6.07, 6.45) is 0. The molecule has 254 valence electrons. The van der Waals surface area contributed by atoms with Crippen LogP contribution in [-0.4, -0.2) is 13.7 Å². The third-order valence-corrected chi connectivity index (χ3v) is 11.1. The van der Waals surface area contributed by atoms with Gasteiger partial charge < -0.3 is 13.7 Å². The van der Waals surface area contributed by atoms with Crippen LogP contribution < -0.4 is 0 Å². The Morgan fingerprint density at radius 2 is 0.891 bits per heavy atom. The summed E-state index contributed by atoms with van der Waals surface area (Å²) in [6.45, 7) is 0. The Kier molecular flexibility index (Phi) is 6.61. The average molecular weight is 700 g/mol. The van der Waals surface area contributed by atoms with Gasteiger partial charge in [0.05, 0.1) is 62.1 Å². The molecule has 0 bridgehead atoms. The van der Waals surface area contributed by atoms with Crippen molar-refractivity contribution in [2.75, 3.05) is 0 Å². The topological polar surface area (TPSA) is 62.4 Å². The van der Waals surface area contributed by atoms with Crippen LogP contribution >= 0.6 is 0 Å². The molecular weight excluding hydrogens is 671 g/mol. The van der Waals surface area contributed by atoms with Gasteiger partial charge in [-0.25, -0.2) is 0 Å². The molecule has 0 aliphatic rings. The molecule has 0 amide bonds. The van der Waals surface area contributed by atoms with Gasteiger partial charge in [0.1, 0.15) is 0 Å². The molecule has 11 aromatic rings. The van der Waals surface area contributed by atoms with Crippen LogP contribution in [0.15, 0.2) is 176 Å². The van der Waals surface area contributed by atoms with Gasteiger partial charge in [-0.1, -0.05) is 91.0 Å². The number of benzene rings is 8. The molecule has 11 rings (SSSR count). The van der Waals surface area contributed by atoms with Gasteiger partial charge in [-0.05, 0) is 90.5 Å². The minimum absolute atomic E-state index is 0.631. The van der Waals surface area contributed by atoms with E-state index in [1.165, 1.54) is 10.8 Å². The highest BCUT2D eigenvalue weighted by molar-refractivity contribution is 6.16. The molecule has 0 atom stereocenters. The maximum atomic E-state index is 10.3. The summed E-state index contributed by atoms with van der Waals surface area (Å²) < 4.78 is 6.96. The molecule has 0 fully saturated rings. The molecule has 3 heterocycles. The zero-order valence-corrected chi connectivity index (χ0v) is 29.5. The lowest BCUT2D eigenvalue weighted by Gasteiger charge is -2.13.